The van der Waals surface area contributed by atoms with Crippen LogP contribution in [0.4, 0.5) is 14.5 Å². The number of nitrogen functional groups attached to an aromatic ring is 1. The number of hydrogen-bond acceptors (Lipinski definition) is 2. The van der Waals surface area contributed by atoms with E-state index in [2.05, 4.69) is 0 Å². The van der Waals surface area contributed by atoms with Crippen LogP contribution in [0.15, 0.2) is 12.1 Å². The van der Waals surface area contributed by atoms with E-state index < -0.39 is 18.9 Å². The number of amides is 1. The van der Waals surface area contributed by atoms with Crippen molar-refractivity contribution >= 4 is 34.8 Å². The molecule has 0 bridgehead atoms. The van der Waals surface area contributed by atoms with Crippen molar-refractivity contribution in [3.05, 3.63) is 27.7 Å². The van der Waals surface area contributed by atoms with Crippen molar-refractivity contribution in [2.75, 3.05) is 19.3 Å². The van der Waals surface area contributed by atoms with Crippen molar-refractivity contribution in [2.45, 2.75) is 6.43 Å². The van der Waals surface area contributed by atoms with Crippen molar-refractivity contribution in [1.82, 2.24) is 4.90 Å². The zero-order valence-electron chi connectivity index (χ0n) is 8.88. The minimum Gasteiger partial charge on any atom is -0.397 e. The lowest BCUT2D eigenvalue weighted by molar-refractivity contribution is 0.0620. The monoisotopic (exact) mass is 282 g/mol. The lowest BCUT2D eigenvalue weighted by Crippen LogP contribution is -2.31. The van der Waals surface area contributed by atoms with Crippen molar-refractivity contribution in [2.24, 2.45) is 0 Å². The number of rotatable bonds is 3. The molecule has 1 amide bonds. The van der Waals surface area contributed by atoms with Gasteiger partial charge < -0.3 is 10.6 Å². The molecule has 0 aromatic heterocycles. The Morgan fingerprint density at radius 1 is 1.47 bits per heavy atom. The fourth-order valence-corrected chi connectivity index (χ4v) is 1.58. The SMILES string of the molecule is CN(CC(F)F)C(=O)c1cc(N)c(Cl)c(Cl)c1. The summed E-state index contributed by atoms with van der Waals surface area (Å²) in [5.41, 5.74) is 5.78. The van der Waals surface area contributed by atoms with Crippen LogP contribution >= 0.6 is 23.2 Å². The molecule has 0 saturated carbocycles. The van der Waals surface area contributed by atoms with Gasteiger partial charge in [-0.15, -0.1) is 0 Å². The first kappa shape index (κ1) is 14.0. The third-order valence-electron chi connectivity index (χ3n) is 2.06. The van der Waals surface area contributed by atoms with Crippen molar-refractivity contribution < 1.29 is 13.6 Å². The molecule has 0 spiro atoms. The summed E-state index contributed by atoms with van der Waals surface area (Å²) in [5.74, 6) is -0.587. The smallest absolute Gasteiger partial charge is 0.255 e. The predicted molar refractivity (Wildman–Crippen MR) is 63.8 cm³/mol. The van der Waals surface area contributed by atoms with Crippen molar-refractivity contribution in [3.8, 4) is 0 Å². The highest BCUT2D eigenvalue weighted by Crippen LogP contribution is 2.29. The van der Waals surface area contributed by atoms with Crippen molar-refractivity contribution in [1.29, 1.82) is 0 Å². The van der Waals surface area contributed by atoms with Crippen LogP contribution in [0.2, 0.25) is 10.0 Å². The summed E-state index contributed by atoms with van der Waals surface area (Å²) in [6.07, 6.45) is -2.59. The molecule has 1 rings (SSSR count). The van der Waals surface area contributed by atoms with Gasteiger partial charge in [-0.25, -0.2) is 8.78 Å². The molecule has 0 unspecified atom stereocenters. The first-order valence-corrected chi connectivity index (χ1v) is 5.36. The van der Waals surface area contributed by atoms with Gasteiger partial charge in [-0.05, 0) is 12.1 Å². The Balaban J connectivity index is 2.97. The molecule has 0 saturated heterocycles. The first-order chi connectivity index (χ1) is 7.82. The van der Waals surface area contributed by atoms with Gasteiger partial charge in [0.15, 0.2) is 0 Å². The summed E-state index contributed by atoms with van der Waals surface area (Å²) < 4.78 is 24.2. The maximum absolute atomic E-state index is 12.1. The number of carbonyl (C=O) groups excluding carboxylic acids is 1. The van der Waals surface area contributed by atoms with Gasteiger partial charge >= 0.3 is 0 Å². The lowest BCUT2D eigenvalue weighted by Gasteiger charge is -2.17. The first-order valence-electron chi connectivity index (χ1n) is 4.61. The third-order valence-corrected chi connectivity index (χ3v) is 2.88. The standard InChI is InChI=1S/C10H10Cl2F2N2O/c1-16(4-8(13)14)10(17)5-2-6(11)9(12)7(15)3-5/h2-3,8H,4,15H2,1H3. The number of hydrogen-bond donors (Lipinski definition) is 1. The van der Waals surface area contributed by atoms with E-state index in [1.54, 1.807) is 0 Å². The molecule has 17 heavy (non-hydrogen) atoms. The summed E-state index contributed by atoms with van der Waals surface area (Å²) in [4.78, 5) is 12.6. The Kier molecular flexibility index (Phi) is 4.54. The average Bonchev–Trinajstić information content (AvgIpc) is 2.23. The van der Waals surface area contributed by atoms with Gasteiger partial charge in [-0.3, -0.25) is 4.79 Å². The quantitative estimate of drug-likeness (QED) is 0.867. The zero-order chi connectivity index (χ0) is 13.2. The Labute approximate surface area is 107 Å². The van der Waals surface area contributed by atoms with Crippen LogP contribution in [0.3, 0.4) is 0 Å². The van der Waals surface area contributed by atoms with Gasteiger partial charge in [0, 0.05) is 12.6 Å². The molecule has 0 aliphatic rings. The number of alkyl halides is 2. The summed E-state index contributed by atoms with van der Waals surface area (Å²) in [7, 11) is 1.27. The lowest BCUT2D eigenvalue weighted by atomic mass is 10.2. The third kappa shape index (κ3) is 3.44. The molecular formula is C10H10Cl2F2N2O. The Morgan fingerprint density at radius 2 is 2.06 bits per heavy atom. The molecule has 7 heteroatoms. The van der Waals surface area contributed by atoms with E-state index in [1.807, 2.05) is 0 Å². The molecule has 0 fully saturated rings. The van der Waals surface area contributed by atoms with Crippen LogP contribution < -0.4 is 5.73 Å². The number of anilines is 1. The fourth-order valence-electron chi connectivity index (χ4n) is 1.24. The highest BCUT2D eigenvalue weighted by molar-refractivity contribution is 6.43. The van der Waals surface area contributed by atoms with Crippen molar-refractivity contribution in [3.63, 3.8) is 0 Å². The summed E-state index contributed by atoms with van der Waals surface area (Å²) in [5, 5.41) is 0.250. The van der Waals surface area contributed by atoms with Crippen LogP contribution in [-0.2, 0) is 0 Å². The second-order valence-corrected chi connectivity index (χ2v) is 4.22. The molecule has 0 atom stereocenters. The molecule has 1 aromatic rings. The largest absolute Gasteiger partial charge is 0.397 e. The van der Waals surface area contributed by atoms with Gasteiger partial charge in [0.2, 0.25) is 0 Å². The number of carbonyl (C=O) groups is 1. The molecule has 94 valence electrons. The van der Waals surface area contributed by atoms with Crippen LogP contribution in [0.25, 0.3) is 0 Å². The number of nitrogens with zero attached hydrogens (tertiary/aromatic N) is 1. The van der Waals surface area contributed by atoms with E-state index in [0.29, 0.717) is 0 Å². The molecule has 0 heterocycles. The summed E-state index contributed by atoms with van der Waals surface area (Å²) >= 11 is 11.5. The maximum atomic E-state index is 12.1. The van der Waals surface area contributed by atoms with Crippen LogP contribution in [0.5, 0.6) is 0 Å². The van der Waals surface area contributed by atoms with Gasteiger partial charge in [0.1, 0.15) is 0 Å². The molecule has 0 aliphatic carbocycles. The van der Waals surface area contributed by atoms with E-state index in [4.69, 9.17) is 28.9 Å². The average molecular weight is 283 g/mol. The number of halogens is 4. The minimum atomic E-state index is -2.59. The van der Waals surface area contributed by atoms with Gasteiger partial charge in [0.05, 0.1) is 22.3 Å². The van der Waals surface area contributed by atoms with Crippen LogP contribution in [0, 0.1) is 0 Å². The van der Waals surface area contributed by atoms with Crippen LogP contribution in [-0.4, -0.2) is 30.8 Å². The molecule has 2 N–H and O–H groups in total. The topological polar surface area (TPSA) is 46.3 Å². The van der Waals surface area contributed by atoms with Gasteiger partial charge in [-0.1, -0.05) is 23.2 Å². The predicted octanol–water partition coefficient (Wildman–Crippen LogP) is 2.91. The van der Waals surface area contributed by atoms with E-state index in [9.17, 15) is 13.6 Å². The maximum Gasteiger partial charge on any atom is 0.255 e. The second-order valence-electron chi connectivity index (χ2n) is 3.44. The normalized spacial score (nSPS) is 10.7. The Bertz CT molecular complexity index is 417. The Hall–Kier alpha value is -1.07. The summed E-state index contributed by atoms with van der Waals surface area (Å²) in [6, 6.07) is 2.60. The highest BCUT2D eigenvalue weighted by atomic mass is 35.5. The molecular weight excluding hydrogens is 273 g/mol. The highest BCUT2D eigenvalue weighted by Gasteiger charge is 2.17. The molecule has 3 nitrogen and oxygen atoms in total. The second kappa shape index (κ2) is 5.51. The van der Waals surface area contributed by atoms with E-state index in [0.717, 1.165) is 4.90 Å². The number of benzene rings is 1. The van der Waals surface area contributed by atoms with Crippen LogP contribution in [0.1, 0.15) is 10.4 Å². The van der Waals surface area contributed by atoms with E-state index in [1.165, 1.54) is 19.2 Å². The van der Waals surface area contributed by atoms with Gasteiger partial charge in [-0.2, -0.15) is 0 Å². The van der Waals surface area contributed by atoms with Gasteiger partial charge in [0.25, 0.3) is 12.3 Å². The number of nitrogens with two attached hydrogens (primary N) is 1. The molecule has 0 radical (unpaired) electrons. The zero-order valence-corrected chi connectivity index (χ0v) is 10.4. The Morgan fingerprint density at radius 3 is 2.53 bits per heavy atom. The minimum absolute atomic E-state index is 0.112. The fraction of sp³-hybridized carbons (Fsp3) is 0.300. The summed E-state index contributed by atoms with van der Waals surface area (Å²) in [6.45, 7) is -0.654. The molecule has 1 aromatic carbocycles. The molecule has 0 aliphatic heterocycles. The van der Waals surface area contributed by atoms with E-state index >= 15 is 0 Å². The van der Waals surface area contributed by atoms with E-state index in [-0.39, 0.29) is 21.3 Å².